The average molecular weight is 841 g/mol. The number of unbranched alkanes of at least 4 members (excludes halogenated alkanes) is 23. The van der Waals surface area contributed by atoms with Gasteiger partial charge in [0.15, 0.2) is 0 Å². The highest BCUT2D eigenvalue weighted by molar-refractivity contribution is 7.47. The Balaban J connectivity index is 4.10. The summed E-state index contributed by atoms with van der Waals surface area (Å²) in [5.41, 5.74) is 0. The van der Waals surface area contributed by atoms with Gasteiger partial charge in [0.2, 0.25) is 0 Å². The molecular weight excluding hydrogens is 751 g/mol. The van der Waals surface area contributed by atoms with Crippen LogP contribution in [0.5, 0.6) is 0 Å². The maximum absolute atomic E-state index is 12.6. The minimum Gasteiger partial charge on any atom is -0.457 e. The molecule has 3 N–H and O–H groups in total. The Labute approximate surface area is 356 Å². The Hall–Kier alpha value is -1.58. The number of carbonyl (C=O) groups is 1. The summed E-state index contributed by atoms with van der Waals surface area (Å²) in [6.45, 7) is 3.40. The van der Waals surface area contributed by atoms with E-state index >= 15 is 0 Å². The van der Waals surface area contributed by atoms with E-state index in [0.29, 0.717) is 13.0 Å². The fourth-order valence-corrected chi connectivity index (χ4v) is 7.21. The quantitative estimate of drug-likeness (QED) is 0.0237. The molecule has 9 nitrogen and oxygen atoms in total. The van der Waals surface area contributed by atoms with Crippen LogP contribution in [0.2, 0.25) is 0 Å². The normalized spacial score (nSPS) is 14.4. The van der Waals surface area contributed by atoms with E-state index in [1.54, 1.807) is 0 Å². The zero-order valence-corrected chi connectivity index (χ0v) is 38.2. The van der Waals surface area contributed by atoms with Crippen molar-refractivity contribution in [3.63, 3.8) is 0 Å². The van der Waals surface area contributed by atoms with Crippen molar-refractivity contribution >= 4 is 13.8 Å². The molecule has 0 bridgehead atoms. The Bertz CT molecular complexity index is 1040. The van der Waals surface area contributed by atoms with Crippen LogP contribution in [0.3, 0.4) is 0 Å². The van der Waals surface area contributed by atoms with Gasteiger partial charge in [-0.1, -0.05) is 178 Å². The van der Waals surface area contributed by atoms with E-state index in [-0.39, 0.29) is 19.6 Å². The first-order valence-electron chi connectivity index (χ1n) is 23.6. The summed E-state index contributed by atoms with van der Waals surface area (Å²) < 4.78 is 33.4. The molecule has 0 radical (unpaired) electrons. The molecule has 10 heteroatoms. The second kappa shape index (κ2) is 45.0. The zero-order chi connectivity index (χ0) is 42.5. The Morgan fingerprint density at radius 3 is 1.50 bits per heavy atom. The molecule has 0 saturated heterocycles. The summed E-state index contributed by atoms with van der Waals surface area (Å²) >= 11 is 0. The highest BCUT2D eigenvalue weighted by Crippen LogP contribution is 2.43. The summed E-state index contributed by atoms with van der Waals surface area (Å²) in [6, 6.07) is 0. The lowest BCUT2D eigenvalue weighted by molar-refractivity contribution is -0.154. The molecule has 340 valence electrons. The minimum atomic E-state index is -4.53. The van der Waals surface area contributed by atoms with Crippen LogP contribution in [0, 0.1) is 0 Å². The number of ether oxygens (including phenoxy) is 2. The third kappa shape index (κ3) is 44.0. The topological polar surface area (TPSA) is 132 Å². The first kappa shape index (κ1) is 56.4. The van der Waals surface area contributed by atoms with Gasteiger partial charge in [-0.15, -0.1) is 0 Å². The average Bonchev–Trinajstić information content (AvgIpc) is 3.21. The molecule has 0 aliphatic carbocycles. The van der Waals surface area contributed by atoms with E-state index in [1.165, 1.54) is 109 Å². The van der Waals surface area contributed by atoms with Gasteiger partial charge < -0.3 is 24.6 Å². The van der Waals surface area contributed by atoms with Crippen LogP contribution in [0.4, 0.5) is 0 Å². The highest BCUT2D eigenvalue weighted by Gasteiger charge is 2.26. The van der Waals surface area contributed by atoms with Crippen molar-refractivity contribution in [2.75, 3.05) is 33.0 Å². The minimum absolute atomic E-state index is 0.0409. The molecule has 0 heterocycles. The van der Waals surface area contributed by atoms with Crippen LogP contribution in [0.1, 0.15) is 206 Å². The van der Waals surface area contributed by atoms with Gasteiger partial charge in [0.05, 0.1) is 26.4 Å². The van der Waals surface area contributed by atoms with Gasteiger partial charge in [-0.2, -0.15) is 0 Å². The number of aliphatic hydroxyl groups is 2. The summed E-state index contributed by atoms with van der Waals surface area (Å²) in [6.07, 6.45) is 50.8. The number of carbonyl (C=O) groups excluding carboxylic acids is 1. The maximum atomic E-state index is 12.6. The molecular formula is C48H89O9P. The molecule has 0 spiro atoms. The first-order chi connectivity index (χ1) is 28.3. The standard InChI is InChI=1S/C48H89O9P/c1-3-5-7-9-11-13-15-17-19-20-21-22-23-24-25-27-29-31-33-35-37-39-41-54-44-47(45-56-58(52,53)55-43-46(50)42-49)57-48(51)40-38-36-34-32-30-28-26-18-16-14-12-10-8-6-4-2/h6,8,12,14,18,20-21,26,46-47,49-50H,3-5,7,9-11,13,15-17,19,22-25,27-45H2,1-2H3,(H,52,53)/b8-6-,14-12-,21-20-,26-18-. The lowest BCUT2D eigenvalue weighted by atomic mass is 10.1. The van der Waals surface area contributed by atoms with Crippen LogP contribution in [0.15, 0.2) is 48.6 Å². The highest BCUT2D eigenvalue weighted by atomic mass is 31.2. The molecule has 58 heavy (non-hydrogen) atoms. The molecule has 3 atom stereocenters. The third-order valence-corrected chi connectivity index (χ3v) is 10.9. The molecule has 0 aromatic carbocycles. The van der Waals surface area contributed by atoms with Gasteiger partial charge in [0, 0.05) is 13.0 Å². The second-order valence-corrected chi connectivity index (χ2v) is 17.2. The predicted octanol–water partition coefficient (Wildman–Crippen LogP) is 13.4. The molecule has 0 aliphatic rings. The molecule has 0 aliphatic heterocycles. The summed E-state index contributed by atoms with van der Waals surface area (Å²) in [7, 11) is -4.53. The van der Waals surface area contributed by atoms with E-state index in [2.05, 4.69) is 62.5 Å². The number of rotatable bonds is 45. The van der Waals surface area contributed by atoms with Crippen LogP contribution >= 0.6 is 7.82 Å². The van der Waals surface area contributed by atoms with Crippen LogP contribution < -0.4 is 0 Å². The van der Waals surface area contributed by atoms with E-state index < -0.39 is 39.2 Å². The van der Waals surface area contributed by atoms with Gasteiger partial charge in [-0.3, -0.25) is 13.8 Å². The van der Waals surface area contributed by atoms with Crippen molar-refractivity contribution < 1.29 is 43.0 Å². The maximum Gasteiger partial charge on any atom is 0.472 e. The smallest absolute Gasteiger partial charge is 0.457 e. The molecule has 0 rings (SSSR count). The fraction of sp³-hybridized carbons (Fsp3) is 0.812. The van der Waals surface area contributed by atoms with Crippen molar-refractivity contribution in [2.45, 2.75) is 219 Å². The number of phosphoric ester groups is 1. The number of hydrogen-bond acceptors (Lipinski definition) is 8. The molecule has 0 aromatic rings. The van der Waals surface area contributed by atoms with Crippen LogP contribution in [-0.2, 0) is 27.9 Å². The zero-order valence-electron chi connectivity index (χ0n) is 37.3. The van der Waals surface area contributed by atoms with Crippen LogP contribution in [-0.4, -0.2) is 66.3 Å². The van der Waals surface area contributed by atoms with Gasteiger partial charge in [-0.05, 0) is 70.6 Å². The van der Waals surface area contributed by atoms with Crippen LogP contribution in [0.25, 0.3) is 0 Å². The van der Waals surface area contributed by atoms with Crippen molar-refractivity contribution in [3.05, 3.63) is 48.6 Å². The van der Waals surface area contributed by atoms with E-state index in [9.17, 15) is 19.4 Å². The number of aliphatic hydroxyl groups excluding tert-OH is 2. The Morgan fingerprint density at radius 2 is 0.983 bits per heavy atom. The van der Waals surface area contributed by atoms with Gasteiger partial charge in [0.1, 0.15) is 12.2 Å². The molecule has 0 aromatic heterocycles. The lowest BCUT2D eigenvalue weighted by Crippen LogP contribution is -2.29. The Kier molecular flexibility index (Phi) is 43.7. The molecule has 0 fully saturated rings. The van der Waals surface area contributed by atoms with Crippen molar-refractivity contribution in [3.8, 4) is 0 Å². The number of hydrogen-bond donors (Lipinski definition) is 3. The van der Waals surface area contributed by atoms with Crippen molar-refractivity contribution in [1.29, 1.82) is 0 Å². The van der Waals surface area contributed by atoms with Gasteiger partial charge in [0.25, 0.3) is 0 Å². The lowest BCUT2D eigenvalue weighted by Gasteiger charge is -2.20. The first-order valence-corrected chi connectivity index (χ1v) is 25.1. The Morgan fingerprint density at radius 1 is 0.552 bits per heavy atom. The van der Waals surface area contributed by atoms with Gasteiger partial charge in [-0.25, -0.2) is 4.57 Å². The summed E-state index contributed by atoms with van der Waals surface area (Å²) in [5.74, 6) is -0.399. The van der Waals surface area contributed by atoms with E-state index in [1.807, 2.05) is 0 Å². The number of esters is 1. The summed E-state index contributed by atoms with van der Waals surface area (Å²) in [4.78, 5) is 22.6. The van der Waals surface area contributed by atoms with E-state index in [4.69, 9.17) is 23.6 Å². The second-order valence-electron chi connectivity index (χ2n) is 15.7. The monoisotopic (exact) mass is 841 g/mol. The number of phosphoric acid groups is 1. The summed E-state index contributed by atoms with van der Waals surface area (Å²) in [5, 5.41) is 18.4. The SMILES string of the molecule is CC/C=C\C/C=C\C/C=C\CCCCCCCC(=O)OC(COCCCCCCCCCCCC/C=C\CCCCCCCCCC)COP(=O)(O)OCC(O)CO. The predicted molar refractivity (Wildman–Crippen MR) is 242 cm³/mol. The largest absolute Gasteiger partial charge is 0.472 e. The number of allylic oxidation sites excluding steroid dienone is 8. The molecule has 0 saturated carbocycles. The molecule has 0 amide bonds. The van der Waals surface area contributed by atoms with E-state index in [0.717, 1.165) is 70.6 Å². The fourth-order valence-electron chi connectivity index (χ4n) is 6.42. The van der Waals surface area contributed by atoms with Gasteiger partial charge >= 0.3 is 13.8 Å². The van der Waals surface area contributed by atoms with Crippen molar-refractivity contribution in [1.82, 2.24) is 0 Å². The molecule has 3 unspecified atom stereocenters. The third-order valence-electron chi connectivity index (χ3n) is 10.00. The van der Waals surface area contributed by atoms with Crippen molar-refractivity contribution in [2.24, 2.45) is 0 Å².